The van der Waals surface area contributed by atoms with E-state index in [4.69, 9.17) is 9.26 Å². The van der Waals surface area contributed by atoms with Crippen molar-refractivity contribution in [2.45, 2.75) is 32.4 Å². The number of pyridine rings is 1. The van der Waals surface area contributed by atoms with Gasteiger partial charge in [0.05, 0.1) is 17.5 Å². The molecule has 0 atom stereocenters. The molecule has 3 aromatic heterocycles. The Balaban J connectivity index is 1.24. The number of carbonyl (C=O) groups excluding carboxylic acids is 1. The first-order valence-corrected chi connectivity index (χ1v) is 11.6. The monoisotopic (exact) mass is 481 g/mol. The molecule has 5 rings (SSSR count). The molecule has 0 saturated heterocycles. The number of aromatic nitrogens is 5. The highest BCUT2D eigenvalue weighted by atomic mass is 16.6. The average Bonchev–Trinajstić information content (AvgIpc) is 3.41. The van der Waals surface area contributed by atoms with Crippen LogP contribution in [0.1, 0.15) is 23.6 Å². The smallest absolute Gasteiger partial charge is 0.306 e. The van der Waals surface area contributed by atoms with Crippen LogP contribution in [-0.2, 0) is 35.5 Å². The summed E-state index contributed by atoms with van der Waals surface area (Å²) in [6.45, 7) is 0.359. The van der Waals surface area contributed by atoms with Crippen LogP contribution in [0.5, 0.6) is 0 Å². The van der Waals surface area contributed by atoms with Crippen molar-refractivity contribution in [3.05, 3.63) is 107 Å². The van der Waals surface area contributed by atoms with E-state index >= 15 is 0 Å². The second-order valence-corrected chi connectivity index (χ2v) is 8.15. The van der Waals surface area contributed by atoms with Gasteiger partial charge in [0, 0.05) is 30.9 Å². The molecule has 0 fully saturated rings. The summed E-state index contributed by atoms with van der Waals surface area (Å²) in [7, 11) is 0. The Hall–Kier alpha value is -4.66. The molecular weight excluding hydrogens is 458 g/mol. The first-order valence-electron chi connectivity index (χ1n) is 11.6. The van der Waals surface area contributed by atoms with Gasteiger partial charge in [0.15, 0.2) is 6.61 Å². The number of para-hydroxylation sites is 2. The van der Waals surface area contributed by atoms with Crippen molar-refractivity contribution in [2.24, 2.45) is 0 Å². The third-order valence-corrected chi connectivity index (χ3v) is 5.70. The van der Waals surface area contributed by atoms with E-state index in [0.717, 1.165) is 11.1 Å². The largest absolute Gasteiger partial charge is 0.456 e. The van der Waals surface area contributed by atoms with Crippen LogP contribution in [0.15, 0.2) is 88.4 Å². The van der Waals surface area contributed by atoms with Gasteiger partial charge in [-0.05, 0) is 36.2 Å². The number of fused-ring (bicyclic) bond motifs is 1. The van der Waals surface area contributed by atoms with Gasteiger partial charge >= 0.3 is 5.97 Å². The average molecular weight is 482 g/mol. The zero-order valence-corrected chi connectivity index (χ0v) is 19.4. The SMILES string of the molecule is O=C(CCc1nc2ccccc2n(CCc2ccccc2)c1=O)OCc1nc(-c2cccnc2)no1. The molecule has 0 N–H and O–H groups in total. The third kappa shape index (κ3) is 5.35. The van der Waals surface area contributed by atoms with E-state index in [-0.39, 0.29) is 30.9 Å². The highest BCUT2D eigenvalue weighted by Gasteiger charge is 2.15. The molecule has 0 aliphatic heterocycles. The summed E-state index contributed by atoms with van der Waals surface area (Å²) in [5, 5.41) is 3.88. The van der Waals surface area contributed by atoms with Gasteiger partial charge in [-0.3, -0.25) is 14.6 Å². The van der Waals surface area contributed by atoms with Crippen molar-refractivity contribution < 1.29 is 14.1 Å². The molecule has 36 heavy (non-hydrogen) atoms. The summed E-state index contributed by atoms with van der Waals surface area (Å²) in [6.07, 6.45) is 4.14. The lowest BCUT2D eigenvalue weighted by atomic mass is 10.1. The molecule has 5 aromatic rings. The van der Waals surface area contributed by atoms with Crippen molar-refractivity contribution >= 4 is 17.0 Å². The van der Waals surface area contributed by atoms with Crippen molar-refractivity contribution in [1.29, 1.82) is 0 Å². The van der Waals surface area contributed by atoms with Crippen LogP contribution in [0.4, 0.5) is 0 Å². The van der Waals surface area contributed by atoms with Gasteiger partial charge < -0.3 is 13.8 Å². The number of aryl methyl sites for hydroxylation is 3. The zero-order valence-electron chi connectivity index (χ0n) is 19.4. The van der Waals surface area contributed by atoms with Gasteiger partial charge in [-0.15, -0.1) is 0 Å². The first-order chi connectivity index (χ1) is 17.7. The highest BCUT2D eigenvalue weighted by molar-refractivity contribution is 5.75. The predicted molar refractivity (Wildman–Crippen MR) is 132 cm³/mol. The highest BCUT2D eigenvalue weighted by Crippen LogP contribution is 2.15. The van der Waals surface area contributed by atoms with E-state index in [0.29, 0.717) is 35.6 Å². The number of carbonyl (C=O) groups is 1. The van der Waals surface area contributed by atoms with Crippen LogP contribution in [-0.4, -0.2) is 30.6 Å². The maximum absolute atomic E-state index is 13.2. The minimum atomic E-state index is -0.485. The Morgan fingerprint density at radius 2 is 1.78 bits per heavy atom. The Morgan fingerprint density at radius 3 is 2.61 bits per heavy atom. The molecule has 9 nitrogen and oxygen atoms in total. The van der Waals surface area contributed by atoms with Crippen LogP contribution < -0.4 is 5.56 Å². The van der Waals surface area contributed by atoms with E-state index in [1.54, 1.807) is 29.1 Å². The van der Waals surface area contributed by atoms with Gasteiger partial charge in [0.2, 0.25) is 5.82 Å². The maximum Gasteiger partial charge on any atom is 0.306 e. The second kappa shape index (κ2) is 10.7. The van der Waals surface area contributed by atoms with Gasteiger partial charge in [-0.2, -0.15) is 4.98 Å². The maximum atomic E-state index is 13.2. The molecule has 0 aliphatic rings. The fourth-order valence-corrected chi connectivity index (χ4v) is 3.88. The lowest BCUT2D eigenvalue weighted by Crippen LogP contribution is -2.27. The molecule has 0 unspecified atom stereocenters. The van der Waals surface area contributed by atoms with Gasteiger partial charge in [0.1, 0.15) is 5.69 Å². The van der Waals surface area contributed by atoms with Crippen LogP contribution in [0.3, 0.4) is 0 Å². The fourth-order valence-electron chi connectivity index (χ4n) is 3.88. The number of benzene rings is 2. The summed E-state index contributed by atoms with van der Waals surface area (Å²) in [5.74, 6) is 0.0567. The van der Waals surface area contributed by atoms with Crippen molar-refractivity contribution in [1.82, 2.24) is 24.7 Å². The lowest BCUT2D eigenvalue weighted by Gasteiger charge is -2.12. The van der Waals surface area contributed by atoms with Crippen LogP contribution in [0, 0.1) is 0 Å². The topological polar surface area (TPSA) is 113 Å². The Kier molecular flexibility index (Phi) is 6.88. The summed E-state index contributed by atoms with van der Waals surface area (Å²) >= 11 is 0. The molecule has 2 aromatic carbocycles. The normalized spacial score (nSPS) is 11.0. The van der Waals surface area contributed by atoms with Crippen molar-refractivity contribution in [3.8, 4) is 11.4 Å². The Labute approximate surface area is 206 Å². The summed E-state index contributed by atoms with van der Waals surface area (Å²) < 4.78 is 12.2. The van der Waals surface area contributed by atoms with E-state index < -0.39 is 5.97 Å². The number of hydrogen-bond acceptors (Lipinski definition) is 8. The van der Waals surface area contributed by atoms with Crippen molar-refractivity contribution in [2.75, 3.05) is 0 Å². The lowest BCUT2D eigenvalue weighted by molar-refractivity contribution is -0.145. The molecule has 0 radical (unpaired) electrons. The number of rotatable bonds is 9. The molecular formula is C27H23N5O4. The molecule has 0 saturated carbocycles. The standard InChI is InChI=1S/C27H23N5O4/c33-25(35-18-24-30-26(31-36-24)20-9-6-15-28-17-20)13-12-22-27(34)32(16-14-19-7-2-1-3-8-19)23-11-5-4-10-21(23)29-22/h1-11,15,17H,12-14,16,18H2. The fraction of sp³-hybridized carbons (Fsp3) is 0.185. The number of ether oxygens (including phenoxy) is 1. The number of esters is 1. The van der Waals surface area contributed by atoms with Crippen LogP contribution in [0.2, 0.25) is 0 Å². The minimum absolute atomic E-state index is 0.00284. The molecule has 180 valence electrons. The molecule has 0 amide bonds. The van der Waals surface area contributed by atoms with Gasteiger partial charge in [-0.1, -0.05) is 47.6 Å². The second-order valence-electron chi connectivity index (χ2n) is 8.15. The van der Waals surface area contributed by atoms with E-state index in [9.17, 15) is 9.59 Å². The third-order valence-electron chi connectivity index (χ3n) is 5.70. The molecule has 3 heterocycles. The molecule has 0 bridgehead atoms. The van der Waals surface area contributed by atoms with Gasteiger partial charge in [-0.25, -0.2) is 4.98 Å². The summed E-state index contributed by atoms with van der Waals surface area (Å²) in [6, 6.07) is 21.1. The zero-order chi connectivity index (χ0) is 24.7. The predicted octanol–water partition coefficient (Wildman–Crippen LogP) is 3.76. The molecule has 0 spiro atoms. The Morgan fingerprint density at radius 1 is 0.944 bits per heavy atom. The van der Waals surface area contributed by atoms with E-state index in [1.807, 2.05) is 54.6 Å². The number of hydrogen-bond donors (Lipinski definition) is 0. The number of nitrogens with zero attached hydrogens (tertiary/aromatic N) is 5. The minimum Gasteiger partial charge on any atom is -0.456 e. The first kappa shape index (κ1) is 23.1. The molecule has 0 aliphatic carbocycles. The van der Waals surface area contributed by atoms with E-state index in [2.05, 4.69) is 20.1 Å². The van der Waals surface area contributed by atoms with Crippen LogP contribution >= 0.6 is 0 Å². The van der Waals surface area contributed by atoms with Crippen LogP contribution in [0.25, 0.3) is 22.4 Å². The van der Waals surface area contributed by atoms with Gasteiger partial charge in [0.25, 0.3) is 11.4 Å². The van der Waals surface area contributed by atoms with E-state index in [1.165, 1.54) is 0 Å². The quantitative estimate of drug-likeness (QED) is 0.293. The Bertz CT molecular complexity index is 1530. The summed E-state index contributed by atoms with van der Waals surface area (Å²) in [5.41, 5.74) is 3.45. The van der Waals surface area contributed by atoms with Crippen molar-refractivity contribution in [3.63, 3.8) is 0 Å². The molecule has 9 heteroatoms. The summed E-state index contributed by atoms with van der Waals surface area (Å²) in [4.78, 5) is 38.4.